The first-order valence-corrected chi connectivity index (χ1v) is 5.79. The highest BCUT2D eigenvalue weighted by molar-refractivity contribution is 5.85. The summed E-state index contributed by atoms with van der Waals surface area (Å²) >= 11 is 0. The van der Waals surface area contributed by atoms with Crippen LogP contribution in [0.25, 0.3) is 0 Å². The van der Waals surface area contributed by atoms with Gasteiger partial charge in [-0.25, -0.2) is 0 Å². The number of esters is 1. The normalized spacial score (nSPS) is 13.8. The standard InChI is InChI=1S/C12H20O5/c1-4-17-11(14)6-5-10(13)8(2)7-9(3)12(15)16/h8-9H,4-7H2,1-3H3,(H,15,16)/t8-,9+/m0/s1. The Hall–Kier alpha value is -1.39. The lowest BCUT2D eigenvalue weighted by molar-refractivity contribution is -0.145. The van der Waals surface area contributed by atoms with Crippen LogP contribution in [-0.4, -0.2) is 29.4 Å². The second kappa shape index (κ2) is 7.81. The number of hydrogen-bond acceptors (Lipinski definition) is 4. The van der Waals surface area contributed by atoms with Crippen LogP contribution in [0.15, 0.2) is 0 Å². The van der Waals surface area contributed by atoms with Crippen molar-refractivity contribution in [2.75, 3.05) is 6.61 Å². The Bertz CT molecular complexity index is 285. The molecule has 17 heavy (non-hydrogen) atoms. The minimum absolute atomic E-state index is 0.0679. The van der Waals surface area contributed by atoms with E-state index < -0.39 is 11.9 Å². The van der Waals surface area contributed by atoms with E-state index in [1.165, 1.54) is 0 Å². The number of carbonyl (C=O) groups excluding carboxylic acids is 2. The van der Waals surface area contributed by atoms with Gasteiger partial charge in [0, 0.05) is 12.3 Å². The van der Waals surface area contributed by atoms with Gasteiger partial charge in [0.2, 0.25) is 0 Å². The third-order valence-corrected chi connectivity index (χ3v) is 2.56. The van der Waals surface area contributed by atoms with Gasteiger partial charge in [-0.15, -0.1) is 0 Å². The molecule has 0 bridgehead atoms. The molecule has 0 saturated carbocycles. The second-order valence-electron chi connectivity index (χ2n) is 4.15. The predicted octanol–water partition coefficient (Wildman–Crippen LogP) is 1.65. The van der Waals surface area contributed by atoms with Gasteiger partial charge in [-0.2, -0.15) is 0 Å². The van der Waals surface area contributed by atoms with Crippen LogP contribution in [0, 0.1) is 11.8 Å². The van der Waals surface area contributed by atoms with Gasteiger partial charge < -0.3 is 9.84 Å². The van der Waals surface area contributed by atoms with E-state index >= 15 is 0 Å². The molecule has 0 rings (SSSR count). The predicted molar refractivity (Wildman–Crippen MR) is 61.5 cm³/mol. The lowest BCUT2D eigenvalue weighted by Gasteiger charge is -2.12. The third kappa shape index (κ3) is 6.71. The van der Waals surface area contributed by atoms with Crippen molar-refractivity contribution in [1.82, 2.24) is 0 Å². The van der Waals surface area contributed by atoms with Crippen molar-refractivity contribution in [1.29, 1.82) is 0 Å². The first-order valence-electron chi connectivity index (χ1n) is 5.79. The zero-order valence-electron chi connectivity index (χ0n) is 10.6. The third-order valence-electron chi connectivity index (χ3n) is 2.56. The molecule has 0 aliphatic carbocycles. The Morgan fingerprint density at radius 1 is 1.12 bits per heavy atom. The van der Waals surface area contributed by atoms with Crippen LogP contribution in [0.4, 0.5) is 0 Å². The molecule has 0 aliphatic heterocycles. The summed E-state index contributed by atoms with van der Waals surface area (Å²) in [6.45, 7) is 5.26. The van der Waals surface area contributed by atoms with Crippen molar-refractivity contribution in [3.8, 4) is 0 Å². The quantitative estimate of drug-likeness (QED) is 0.656. The number of rotatable bonds is 8. The van der Waals surface area contributed by atoms with Gasteiger partial charge in [-0.3, -0.25) is 14.4 Å². The highest BCUT2D eigenvalue weighted by Gasteiger charge is 2.20. The molecule has 0 heterocycles. The average Bonchev–Trinajstić information content (AvgIpc) is 2.25. The number of ketones is 1. The van der Waals surface area contributed by atoms with Gasteiger partial charge in [-0.1, -0.05) is 13.8 Å². The van der Waals surface area contributed by atoms with E-state index in [1.807, 2.05) is 0 Å². The fourth-order valence-corrected chi connectivity index (χ4v) is 1.47. The summed E-state index contributed by atoms with van der Waals surface area (Å²) in [6.07, 6.45) is 0.488. The van der Waals surface area contributed by atoms with Crippen molar-refractivity contribution in [3.05, 3.63) is 0 Å². The van der Waals surface area contributed by atoms with Crippen molar-refractivity contribution < 1.29 is 24.2 Å². The molecule has 0 unspecified atom stereocenters. The molecule has 0 aromatic rings. The summed E-state index contributed by atoms with van der Waals surface area (Å²) in [5, 5.41) is 8.72. The van der Waals surface area contributed by atoms with E-state index in [9.17, 15) is 14.4 Å². The van der Waals surface area contributed by atoms with Crippen molar-refractivity contribution in [3.63, 3.8) is 0 Å². The van der Waals surface area contributed by atoms with E-state index in [2.05, 4.69) is 0 Å². The lowest BCUT2D eigenvalue weighted by atomic mass is 9.92. The van der Waals surface area contributed by atoms with Crippen LogP contribution in [0.3, 0.4) is 0 Å². The molecule has 5 nitrogen and oxygen atoms in total. The molecule has 0 saturated heterocycles. The van der Waals surface area contributed by atoms with Gasteiger partial charge in [0.05, 0.1) is 18.9 Å². The van der Waals surface area contributed by atoms with Crippen molar-refractivity contribution in [2.24, 2.45) is 11.8 Å². The first kappa shape index (κ1) is 15.6. The largest absolute Gasteiger partial charge is 0.481 e. The Labute approximate surface area is 101 Å². The Morgan fingerprint density at radius 3 is 2.18 bits per heavy atom. The molecule has 0 amide bonds. The molecule has 5 heteroatoms. The highest BCUT2D eigenvalue weighted by atomic mass is 16.5. The van der Waals surface area contributed by atoms with Gasteiger partial charge in [0.1, 0.15) is 5.78 Å². The van der Waals surface area contributed by atoms with Gasteiger partial charge in [-0.05, 0) is 13.3 Å². The zero-order chi connectivity index (χ0) is 13.4. The summed E-state index contributed by atoms with van der Waals surface area (Å²) in [4.78, 5) is 33.3. The average molecular weight is 244 g/mol. The summed E-state index contributed by atoms with van der Waals surface area (Å²) < 4.78 is 4.71. The summed E-state index contributed by atoms with van der Waals surface area (Å²) in [7, 11) is 0. The monoisotopic (exact) mass is 244 g/mol. The molecule has 0 fully saturated rings. The van der Waals surface area contributed by atoms with Crippen LogP contribution in [-0.2, 0) is 19.1 Å². The zero-order valence-corrected chi connectivity index (χ0v) is 10.6. The smallest absolute Gasteiger partial charge is 0.306 e. The number of Topliss-reactive ketones (excluding diaryl/α,β-unsaturated/α-hetero) is 1. The van der Waals surface area contributed by atoms with Gasteiger partial charge in [0.25, 0.3) is 0 Å². The second-order valence-corrected chi connectivity index (χ2v) is 4.15. The molecule has 0 radical (unpaired) electrons. The molecule has 0 aliphatic rings. The van der Waals surface area contributed by atoms with Crippen LogP contribution in [0.2, 0.25) is 0 Å². The van der Waals surface area contributed by atoms with Crippen LogP contribution in [0.1, 0.15) is 40.0 Å². The van der Waals surface area contributed by atoms with E-state index in [0.29, 0.717) is 13.0 Å². The first-order chi connectivity index (χ1) is 7.88. The lowest BCUT2D eigenvalue weighted by Crippen LogP contribution is -2.20. The minimum Gasteiger partial charge on any atom is -0.481 e. The van der Waals surface area contributed by atoms with Crippen molar-refractivity contribution in [2.45, 2.75) is 40.0 Å². The van der Waals surface area contributed by atoms with Crippen LogP contribution < -0.4 is 0 Å². The minimum atomic E-state index is -0.907. The topological polar surface area (TPSA) is 80.7 Å². The highest BCUT2D eigenvalue weighted by Crippen LogP contribution is 2.15. The fraction of sp³-hybridized carbons (Fsp3) is 0.750. The molecule has 0 spiro atoms. The number of carboxylic acids is 1. The Kier molecular flexibility index (Phi) is 7.18. The van der Waals surface area contributed by atoms with Gasteiger partial charge in [0.15, 0.2) is 0 Å². The number of hydrogen-bond donors (Lipinski definition) is 1. The number of aliphatic carboxylic acids is 1. The number of carbonyl (C=O) groups is 3. The Balaban J connectivity index is 3.97. The maximum atomic E-state index is 11.6. The molecule has 0 aromatic carbocycles. The Morgan fingerprint density at radius 2 is 1.71 bits per heavy atom. The van der Waals surface area contributed by atoms with E-state index in [-0.39, 0.29) is 30.5 Å². The van der Waals surface area contributed by atoms with Gasteiger partial charge >= 0.3 is 11.9 Å². The summed E-state index contributed by atoms with van der Waals surface area (Å²) in [5.74, 6) is -2.27. The van der Waals surface area contributed by atoms with E-state index in [1.54, 1.807) is 20.8 Å². The summed E-state index contributed by atoms with van der Waals surface area (Å²) in [5.41, 5.74) is 0. The van der Waals surface area contributed by atoms with E-state index in [0.717, 1.165) is 0 Å². The molecular formula is C12H20O5. The fourth-order valence-electron chi connectivity index (χ4n) is 1.47. The molecule has 0 aromatic heterocycles. The summed E-state index contributed by atoms with van der Waals surface area (Å²) in [6, 6.07) is 0. The van der Waals surface area contributed by atoms with Crippen LogP contribution in [0.5, 0.6) is 0 Å². The molecule has 98 valence electrons. The number of carboxylic acid groups (broad SMARTS) is 1. The molecule has 2 atom stereocenters. The van der Waals surface area contributed by atoms with E-state index in [4.69, 9.17) is 9.84 Å². The maximum Gasteiger partial charge on any atom is 0.306 e. The maximum absolute atomic E-state index is 11.6. The van der Waals surface area contributed by atoms with Crippen molar-refractivity contribution >= 4 is 17.7 Å². The SMILES string of the molecule is CCOC(=O)CCC(=O)[C@@H](C)C[C@@H](C)C(=O)O. The number of ether oxygens (including phenoxy) is 1. The van der Waals surface area contributed by atoms with Crippen LogP contribution >= 0.6 is 0 Å². The molecule has 1 N–H and O–H groups in total. The molecular weight excluding hydrogens is 224 g/mol.